The monoisotopic (exact) mass is 415 g/mol. The average molecular weight is 415 g/mol. The Morgan fingerprint density at radius 2 is 1.77 bits per heavy atom. The number of benzene rings is 1. The summed E-state index contributed by atoms with van der Waals surface area (Å²) < 4.78 is 38.5. The Kier molecular flexibility index (Phi) is 5.77. The van der Waals surface area contributed by atoms with Crippen molar-refractivity contribution < 1.29 is 22.8 Å². The third-order valence-corrected chi connectivity index (χ3v) is 4.18. The maximum absolute atomic E-state index is 12.8. The fraction of sp³-hybridized carbons (Fsp3) is 0.150. The molecule has 0 bridgehead atoms. The molecule has 0 spiro atoms. The fourth-order valence-corrected chi connectivity index (χ4v) is 2.68. The van der Waals surface area contributed by atoms with E-state index in [1.54, 1.807) is 18.2 Å². The normalized spacial score (nSPS) is 11.2. The fourth-order valence-electron chi connectivity index (χ4n) is 2.68. The van der Waals surface area contributed by atoms with Gasteiger partial charge in [-0.2, -0.15) is 13.2 Å². The minimum atomic E-state index is -4.54. The number of halogens is 3. The predicted molar refractivity (Wildman–Crippen MR) is 102 cm³/mol. The molecule has 0 atom stereocenters. The molecule has 0 unspecified atom stereocenters. The van der Waals surface area contributed by atoms with Crippen molar-refractivity contribution in [2.75, 3.05) is 5.32 Å². The highest BCUT2D eigenvalue weighted by molar-refractivity contribution is 6.04. The van der Waals surface area contributed by atoms with Crippen molar-refractivity contribution in [2.45, 2.75) is 19.5 Å². The molecule has 0 aliphatic rings. The van der Waals surface area contributed by atoms with Crippen molar-refractivity contribution in [2.24, 2.45) is 5.73 Å². The van der Waals surface area contributed by atoms with Gasteiger partial charge in [-0.1, -0.05) is 6.07 Å². The molecule has 2 aromatic heterocycles. The zero-order valence-corrected chi connectivity index (χ0v) is 15.7. The third-order valence-electron chi connectivity index (χ3n) is 4.18. The van der Waals surface area contributed by atoms with Gasteiger partial charge in [0.15, 0.2) is 0 Å². The number of alkyl halides is 3. The Morgan fingerprint density at radius 3 is 2.40 bits per heavy atom. The van der Waals surface area contributed by atoms with Gasteiger partial charge >= 0.3 is 6.18 Å². The summed E-state index contributed by atoms with van der Waals surface area (Å²) in [6, 6.07) is 6.40. The van der Waals surface area contributed by atoms with Crippen molar-refractivity contribution in [3.63, 3.8) is 0 Å². The topological polar surface area (TPSA) is 111 Å². The second kappa shape index (κ2) is 8.27. The molecule has 0 aliphatic carbocycles. The first kappa shape index (κ1) is 20.9. The molecule has 1 aromatic carbocycles. The van der Waals surface area contributed by atoms with Crippen LogP contribution in [0.2, 0.25) is 0 Å². The summed E-state index contributed by atoms with van der Waals surface area (Å²) in [7, 11) is 0. The molecular weight excluding hydrogens is 399 g/mol. The van der Waals surface area contributed by atoms with Gasteiger partial charge in [0.2, 0.25) is 5.91 Å². The molecule has 0 fully saturated rings. The number of nitrogens with two attached hydrogens (primary N) is 1. The summed E-state index contributed by atoms with van der Waals surface area (Å²) >= 11 is 0. The van der Waals surface area contributed by atoms with Gasteiger partial charge in [0.25, 0.3) is 5.91 Å². The highest BCUT2D eigenvalue weighted by Crippen LogP contribution is 2.30. The lowest BCUT2D eigenvalue weighted by molar-refractivity contribution is -0.137. The number of hydrogen-bond acceptors (Lipinski definition) is 5. The van der Waals surface area contributed by atoms with Crippen LogP contribution in [0.5, 0.6) is 0 Å². The molecule has 0 saturated heterocycles. The lowest BCUT2D eigenvalue weighted by Gasteiger charge is -2.11. The number of aromatic nitrogens is 3. The number of nitrogens with one attached hydrogen (secondary N) is 1. The first-order valence-electron chi connectivity index (χ1n) is 8.68. The lowest BCUT2D eigenvalue weighted by atomic mass is 10.00. The molecule has 0 radical (unpaired) electrons. The number of pyridine rings is 1. The number of anilines is 1. The number of amides is 2. The highest BCUT2D eigenvalue weighted by Gasteiger charge is 2.30. The van der Waals surface area contributed by atoms with Crippen LogP contribution in [0.25, 0.3) is 11.1 Å². The van der Waals surface area contributed by atoms with E-state index in [9.17, 15) is 22.8 Å². The minimum Gasteiger partial charge on any atom is -0.369 e. The van der Waals surface area contributed by atoms with E-state index in [-0.39, 0.29) is 23.6 Å². The molecule has 154 valence electrons. The van der Waals surface area contributed by atoms with Crippen LogP contribution >= 0.6 is 0 Å². The molecule has 30 heavy (non-hydrogen) atoms. The number of hydrogen-bond donors (Lipinski definition) is 2. The van der Waals surface area contributed by atoms with Crippen molar-refractivity contribution >= 4 is 17.6 Å². The van der Waals surface area contributed by atoms with E-state index in [4.69, 9.17) is 5.73 Å². The Morgan fingerprint density at radius 1 is 1.07 bits per heavy atom. The quantitative estimate of drug-likeness (QED) is 0.665. The van der Waals surface area contributed by atoms with Crippen LogP contribution in [0.4, 0.5) is 19.0 Å². The molecule has 10 heteroatoms. The largest absolute Gasteiger partial charge is 0.416 e. The Labute approximate surface area is 169 Å². The first-order chi connectivity index (χ1) is 14.1. The van der Waals surface area contributed by atoms with Gasteiger partial charge in [-0.05, 0) is 42.3 Å². The summed E-state index contributed by atoms with van der Waals surface area (Å²) in [6.45, 7) is 1.82. The standard InChI is InChI=1S/C20H16F3N5O2/c1-11-2-3-12(6-15(11)13-9-26-17(27-10-13)8-16(24)29)19(30)28-18-7-14(4-5-25-18)20(21,22)23/h2-7,9-10H,8H2,1H3,(H2,24,29)(H,25,28,30). The number of rotatable bonds is 5. The van der Waals surface area contributed by atoms with Crippen molar-refractivity contribution in [1.82, 2.24) is 15.0 Å². The zero-order valence-electron chi connectivity index (χ0n) is 15.7. The molecule has 7 nitrogen and oxygen atoms in total. The number of carbonyl (C=O) groups excluding carboxylic acids is 2. The molecular formula is C20H16F3N5O2. The summed E-state index contributed by atoms with van der Waals surface area (Å²) in [5, 5.41) is 2.37. The maximum atomic E-state index is 12.8. The molecule has 3 rings (SSSR count). The van der Waals surface area contributed by atoms with Crippen LogP contribution in [-0.2, 0) is 17.4 Å². The smallest absolute Gasteiger partial charge is 0.369 e. The third kappa shape index (κ3) is 4.96. The molecule has 0 saturated carbocycles. The number of nitrogens with zero attached hydrogens (tertiary/aromatic N) is 3. The second-order valence-corrected chi connectivity index (χ2v) is 6.44. The van der Waals surface area contributed by atoms with Crippen LogP contribution in [0.3, 0.4) is 0 Å². The van der Waals surface area contributed by atoms with Crippen molar-refractivity contribution in [1.29, 1.82) is 0 Å². The van der Waals surface area contributed by atoms with Crippen molar-refractivity contribution in [3.8, 4) is 11.1 Å². The van der Waals surface area contributed by atoms with Crippen LogP contribution in [-0.4, -0.2) is 26.8 Å². The van der Waals surface area contributed by atoms with Gasteiger partial charge in [0, 0.05) is 29.7 Å². The molecule has 2 heterocycles. The van der Waals surface area contributed by atoms with E-state index < -0.39 is 23.6 Å². The van der Waals surface area contributed by atoms with Crippen LogP contribution in [0, 0.1) is 6.92 Å². The molecule has 3 aromatic rings. The van der Waals surface area contributed by atoms with Gasteiger partial charge in [-0.25, -0.2) is 15.0 Å². The summed E-state index contributed by atoms with van der Waals surface area (Å²) in [6.07, 6.45) is -0.650. The minimum absolute atomic E-state index is 0.0916. The first-order valence-corrected chi connectivity index (χ1v) is 8.68. The van der Waals surface area contributed by atoms with Crippen molar-refractivity contribution in [3.05, 3.63) is 71.4 Å². The number of primary amides is 1. The van der Waals surface area contributed by atoms with E-state index in [0.717, 1.165) is 23.9 Å². The predicted octanol–water partition coefficient (Wildman–Crippen LogP) is 3.15. The summed E-state index contributed by atoms with van der Waals surface area (Å²) in [5.74, 6) is -1.11. The highest BCUT2D eigenvalue weighted by atomic mass is 19.4. The van der Waals surface area contributed by atoms with Gasteiger partial charge in [-0.3, -0.25) is 9.59 Å². The van der Waals surface area contributed by atoms with Crippen LogP contribution < -0.4 is 11.1 Å². The Bertz CT molecular complexity index is 1100. The van der Waals surface area contributed by atoms with Gasteiger partial charge < -0.3 is 11.1 Å². The second-order valence-electron chi connectivity index (χ2n) is 6.44. The van der Waals surface area contributed by atoms with Gasteiger partial charge in [0.1, 0.15) is 11.6 Å². The Hall–Kier alpha value is -3.82. The molecule has 2 amide bonds. The van der Waals surface area contributed by atoms with E-state index >= 15 is 0 Å². The van der Waals surface area contributed by atoms with Gasteiger partial charge in [0.05, 0.1) is 12.0 Å². The van der Waals surface area contributed by atoms with Crippen LogP contribution in [0.15, 0.2) is 48.9 Å². The van der Waals surface area contributed by atoms with E-state index in [0.29, 0.717) is 11.1 Å². The number of aryl methyl sites for hydroxylation is 1. The average Bonchev–Trinajstić information content (AvgIpc) is 2.68. The molecule has 3 N–H and O–H groups in total. The maximum Gasteiger partial charge on any atom is 0.416 e. The SMILES string of the molecule is Cc1ccc(C(=O)Nc2cc(C(F)(F)F)ccn2)cc1-c1cnc(CC(N)=O)nc1. The van der Waals surface area contributed by atoms with E-state index in [1.807, 2.05) is 6.92 Å². The summed E-state index contributed by atoms with van der Waals surface area (Å²) in [5.41, 5.74) is 6.51. The van der Waals surface area contributed by atoms with E-state index in [1.165, 1.54) is 12.4 Å². The van der Waals surface area contributed by atoms with Crippen LogP contribution in [0.1, 0.15) is 27.3 Å². The molecule has 0 aliphatic heterocycles. The lowest BCUT2D eigenvalue weighted by Crippen LogP contribution is -2.15. The Balaban J connectivity index is 1.84. The summed E-state index contributed by atoms with van der Waals surface area (Å²) in [4.78, 5) is 35.4. The number of carbonyl (C=O) groups is 2. The van der Waals surface area contributed by atoms with Gasteiger partial charge in [-0.15, -0.1) is 0 Å². The zero-order chi connectivity index (χ0) is 21.9. The van der Waals surface area contributed by atoms with E-state index in [2.05, 4.69) is 20.3 Å².